The molecule has 31 heavy (non-hydrogen) atoms. The number of hydrogen-bond donors (Lipinski definition) is 3. The zero-order valence-corrected chi connectivity index (χ0v) is 17.9. The number of carboxylic acids is 1. The number of nitrogens with one attached hydrogen (secondary N) is 1. The molecule has 1 amide bonds. The molecule has 0 bridgehead atoms. The summed E-state index contributed by atoms with van der Waals surface area (Å²) in [7, 11) is 0. The van der Waals surface area contributed by atoms with Crippen molar-refractivity contribution in [2.75, 3.05) is 11.1 Å². The van der Waals surface area contributed by atoms with Crippen LogP contribution in [0.15, 0.2) is 58.9 Å². The largest absolute Gasteiger partial charge is 0.478 e. The van der Waals surface area contributed by atoms with Crippen LogP contribution in [0.25, 0.3) is 22.2 Å². The summed E-state index contributed by atoms with van der Waals surface area (Å²) in [5.74, 6) is -1.18. The highest BCUT2D eigenvalue weighted by atomic mass is 32.2. The summed E-state index contributed by atoms with van der Waals surface area (Å²) in [6.45, 7) is 1.78. The van der Waals surface area contributed by atoms with E-state index in [1.807, 2.05) is 6.07 Å². The number of nitrogens with zero attached hydrogens (tertiary/aromatic N) is 3. The lowest BCUT2D eigenvalue weighted by molar-refractivity contribution is -0.115. The first-order chi connectivity index (χ1) is 14.9. The van der Waals surface area contributed by atoms with E-state index in [9.17, 15) is 14.7 Å². The van der Waals surface area contributed by atoms with Crippen molar-refractivity contribution in [3.8, 4) is 11.3 Å². The lowest BCUT2D eigenvalue weighted by atomic mass is 10.0. The predicted molar refractivity (Wildman–Crippen MR) is 122 cm³/mol. The van der Waals surface area contributed by atoms with Gasteiger partial charge in [0.25, 0.3) is 0 Å². The minimum atomic E-state index is -1.01. The van der Waals surface area contributed by atoms with Gasteiger partial charge in [-0.15, -0.1) is 10.2 Å². The molecule has 4 N–H and O–H groups in total. The number of fused-ring (bicyclic) bond motifs is 1. The molecule has 0 saturated carbocycles. The number of carbonyl (C=O) groups is 2. The highest BCUT2D eigenvalue weighted by Gasteiger charge is 2.17. The molecule has 156 valence electrons. The second-order valence-corrected chi connectivity index (χ2v) is 9.21. The van der Waals surface area contributed by atoms with Crippen molar-refractivity contribution in [2.45, 2.75) is 16.5 Å². The van der Waals surface area contributed by atoms with Crippen molar-refractivity contribution in [1.82, 2.24) is 15.2 Å². The standard InChI is InChI=1S/C21H17N5O3S2/c1-11(30-21-26-25-20(22)31-21)18(27)23-13-8-6-12(7-9-13)17-10-15(19(28)29)14-4-2-3-5-16(14)24-17/h2-11H,1H3,(H2,22,25)(H,23,27)(H,28,29). The number of para-hydroxylation sites is 1. The summed E-state index contributed by atoms with van der Waals surface area (Å²) in [4.78, 5) is 28.7. The molecule has 8 nitrogen and oxygen atoms in total. The number of hydrogen-bond acceptors (Lipinski definition) is 8. The third kappa shape index (κ3) is 4.65. The Kier molecular flexibility index (Phi) is 5.83. The van der Waals surface area contributed by atoms with Gasteiger partial charge in [0.05, 0.1) is 22.0 Å². The Morgan fingerprint density at radius 3 is 2.55 bits per heavy atom. The smallest absolute Gasteiger partial charge is 0.336 e. The monoisotopic (exact) mass is 451 g/mol. The van der Waals surface area contributed by atoms with Crippen LogP contribution < -0.4 is 11.1 Å². The van der Waals surface area contributed by atoms with Crippen LogP contribution in [0.5, 0.6) is 0 Å². The van der Waals surface area contributed by atoms with Gasteiger partial charge in [-0.1, -0.05) is 53.4 Å². The Hall–Kier alpha value is -3.50. The maximum absolute atomic E-state index is 12.5. The van der Waals surface area contributed by atoms with Crippen LogP contribution in [0.3, 0.4) is 0 Å². The Bertz CT molecular complexity index is 1270. The summed E-state index contributed by atoms with van der Waals surface area (Å²) < 4.78 is 0.632. The Morgan fingerprint density at radius 1 is 1.13 bits per heavy atom. The van der Waals surface area contributed by atoms with Gasteiger partial charge < -0.3 is 16.2 Å². The molecule has 1 unspecified atom stereocenters. The molecular weight excluding hydrogens is 434 g/mol. The number of benzene rings is 2. The molecule has 2 heterocycles. The molecule has 2 aromatic heterocycles. The Balaban J connectivity index is 1.52. The van der Waals surface area contributed by atoms with Crippen LogP contribution in [0.1, 0.15) is 17.3 Å². The molecule has 0 saturated heterocycles. The van der Waals surface area contributed by atoms with E-state index in [1.165, 1.54) is 23.1 Å². The number of carbonyl (C=O) groups excluding carboxylic acids is 1. The van der Waals surface area contributed by atoms with Crippen molar-refractivity contribution in [3.63, 3.8) is 0 Å². The van der Waals surface area contributed by atoms with E-state index in [1.54, 1.807) is 55.5 Å². The van der Waals surface area contributed by atoms with Crippen molar-refractivity contribution in [2.24, 2.45) is 0 Å². The Morgan fingerprint density at radius 2 is 1.87 bits per heavy atom. The zero-order valence-electron chi connectivity index (χ0n) is 16.3. The van der Waals surface area contributed by atoms with E-state index in [0.717, 1.165) is 5.56 Å². The number of nitrogen functional groups attached to an aromatic ring is 1. The van der Waals surface area contributed by atoms with Crippen LogP contribution >= 0.6 is 23.1 Å². The second kappa shape index (κ2) is 8.70. The fraction of sp³-hybridized carbons (Fsp3) is 0.0952. The van der Waals surface area contributed by atoms with E-state index in [4.69, 9.17) is 5.73 Å². The molecule has 0 radical (unpaired) electrons. The van der Waals surface area contributed by atoms with Crippen LogP contribution in [0, 0.1) is 0 Å². The highest BCUT2D eigenvalue weighted by Crippen LogP contribution is 2.29. The number of thioether (sulfide) groups is 1. The molecule has 0 aliphatic rings. The first kappa shape index (κ1) is 20.8. The van der Waals surface area contributed by atoms with Crippen molar-refractivity contribution in [1.29, 1.82) is 0 Å². The van der Waals surface area contributed by atoms with Gasteiger partial charge in [0.2, 0.25) is 11.0 Å². The van der Waals surface area contributed by atoms with Crippen LogP contribution in [-0.2, 0) is 4.79 Å². The van der Waals surface area contributed by atoms with Crippen LogP contribution in [0.4, 0.5) is 10.8 Å². The molecule has 4 rings (SSSR count). The van der Waals surface area contributed by atoms with Gasteiger partial charge >= 0.3 is 5.97 Å². The molecule has 1 atom stereocenters. The van der Waals surface area contributed by atoms with Crippen molar-refractivity contribution < 1.29 is 14.7 Å². The summed E-state index contributed by atoms with van der Waals surface area (Å²) in [6, 6.07) is 15.8. The number of aromatic carboxylic acids is 1. The van der Waals surface area contributed by atoms with E-state index < -0.39 is 5.97 Å². The summed E-state index contributed by atoms with van der Waals surface area (Å²) in [5, 5.41) is 20.6. The number of pyridine rings is 1. The molecule has 0 fully saturated rings. The number of amides is 1. The predicted octanol–water partition coefficient (Wildman–Crippen LogP) is 4.15. The molecule has 0 aliphatic carbocycles. The number of rotatable bonds is 6. The topological polar surface area (TPSA) is 131 Å². The fourth-order valence-electron chi connectivity index (χ4n) is 2.94. The van der Waals surface area contributed by atoms with Gasteiger partial charge in [-0.05, 0) is 31.2 Å². The average molecular weight is 452 g/mol. The normalized spacial score (nSPS) is 11.9. The molecule has 4 aromatic rings. The quantitative estimate of drug-likeness (QED) is 0.373. The van der Waals surface area contributed by atoms with E-state index >= 15 is 0 Å². The minimum absolute atomic E-state index is 0.177. The number of anilines is 2. The zero-order chi connectivity index (χ0) is 22.0. The average Bonchev–Trinajstić information content (AvgIpc) is 3.17. The number of aromatic nitrogens is 3. The SMILES string of the molecule is CC(Sc1nnc(N)s1)C(=O)Nc1ccc(-c2cc(C(=O)O)c3ccccc3n2)cc1. The van der Waals surface area contributed by atoms with E-state index in [0.29, 0.717) is 31.8 Å². The molecule has 0 spiro atoms. The molecular formula is C21H17N5O3S2. The summed E-state index contributed by atoms with van der Waals surface area (Å²) >= 11 is 2.52. The van der Waals surface area contributed by atoms with Crippen LogP contribution in [0.2, 0.25) is 0 Å². The van der Waals surface area contributed by atoms with Gasteiger partial charge in [-0.2, -0.15) is 0 Å². The molecule has 2 aromatic carbocycles. The van der Waals surface area contributed by atoms with E-state index in [-0.39, 0.29) is 16.7 Å². The van der Waals surface area contributed by atoms with Crippen molar-refractivity contribution >= 4 is 56.7 Å². The first-order valence-electron chi connectivity index (χ1n) is 9.21. The maximum atomic E-state index is 12.5. The maximum Gasteiger partial charge on any atom is 0.336 e. The third-order valence-corrected chi connectivity index (χ3v) is 6.40. The summed E-state index contributed by atoms with van der Waals surface area (Å²) in [5.41, 5.74) is 8.29. The lowest BCUT2D eigenvalue weighted by Gasteiger charge is -2.11. The van der Waals surface area contributed by atoms with Gasteiger partial charge in [-0.3, -0.25) is 4.79 Å². The molecule has 10 heteroatoms. The lowest BCUT2D eigenvalue weighted by Crippen LogP contribution is -2.22. The Labute approximate surface area is 185 Å². The molecule has 0 aliphatic heterocycles. The summed E-state index contributed by atoms with van der Waals surface area (Å²) in [6.07, 6.45) is 0. The van der Waals surface area contributed by atoms with Crippen LogP contribution in [-0.4, -0.2) is 37.4 Å². The van der Waals surface area contributed by atoms with Gasteiger partial charge in [0.15, 0.2) is 4.34 Å². The third-order valence-electron chi connectivity index (χ3n) is 4.46. The number of nitrogens with two attached hydrogens (primary N) is 1. The van der Waals surface area contributed by atoms with Gasteiger partial charge in [0.1, 0.15) is 0 Å². The van der Waals surface area contributed by atoms with Gasteiger partial charge in [-0.25, -0.2) is 9.78 Å². The number of carboxylic acid groups (broad SMARTS) is 1. The first-order valence-corrected chi connectivity index (χ1v) is 10.9. The van der Waals surface area contributed by atoms with Gasteiger partial charge in [0, 0.05) is 16.6 Å². The highest BCUT2D eigenvalue weighted by molar-refractivity contribution is 8.02. The minimum Gasteiger partial charge on any atom is -0.478 e. The fourth-order valence-corrected chi connectivity index (χ4v) is 4.72. The van der Waals surface area contributed by atoms with E-state index in [2.05, 4.69) is 20.5 Å². The van der Waals surface area contributed by atoms with Crippen molar-refractivity contribution in [3.05, 3.63) is 60.2 Å². The second-order valence-electron chi connectivity index (χ2n) is 6.61.